The molecule has 1 aliphatic rings. The van der Waals surface area contributed by atoms with Crippen molar-refractivity contribution >= 4 is 21.6 Å². The van der Waals surface area contributed by atoms with Crippen molar-refractivity contribution in [3.8, 4) is 6.07 Å². The number of hydrogen-bond donors (Lipinski definition) is 1. The second-order valence-corrected chi connectivity index (χ2v) is 8.97. The number of carbonyl (C=O) groups excluding carboxylic acids is 1. The van der Waals surface area contributed by atoms with E-state index >= 15 is 0 Å². The zero-order valence-electron chi connectivity index (χ0n) is 16.1. The van der Waals surface area contributed by atoms with Crippen LogP contribution in [0.25, 0.3) is 0 Å². The Hall–Kier alpha value is -2.73. The fraction of sp³-hybridized carbons (Fsp3) is 0.333. The standard InChI is InChI=1S/C21H24N4O3S/c22-11-10-18-6-8-20(9-7-18)23-21(26)16-24-12-14-25(15-13-24)29(27,28)17-19-4-2-1-3-5-19/h1-9H,10,12-17H2,(H,23,26). The molecule has 0 atom stereocenters. The second kappa shape index (κ2) is 9.65. The number of hydrogen-bond acceptors (Lipinski definition) is 5. The number of sulfonamides is 1. The van der Waals surface area contributed by atoms with Gasteiger partial charge >= 0.3 is 0 Å². The molecule has 1 N–H and O–H groups in total. The number of nitrogens with one attached hydrogen (secondary N) is 1. The van der Waals surface area contributed by atoms with E-state index in [1.54, 1.807) is 12.1 Å². The molecule has 8 heteroatoms. The van der Waals surface area contributed by atoms with Crippen LogP contribution in [0, 0.1) is 11.3 Å². The molecule has 0 aliphatic carbocycles. The van der Waals surface area contributed by atoms with E-state index in [2.05, 4.69) is 11.4 Å². The first kappa shape index (κ1) is 21.0. The Balaban J connectivity index is 1.46. The highest BCUT2D eigenvalue weighted by Crippen LogP contribution is 2.14. The fourth-order valence-electron chi connectivity index (χ4n) is 3.24. The van der Waals surface area contributed by atoms with Gasteiger partial charge in [0.25, 0.3) is 0 Å². The molecular weight excluding hydrogens is 388 g/mol. The van der Waals surface area contributed by atoms with Crippen molar-refractivity contribution in [3.05, 3.63) is 65.7 Å². The predicted molar refractivity (Wildman–Crippen MR) is 111 cm³/mol. The number of nitrogens with zero attached hydrogens (tertiary/aromatic N) is 3. The highest BCUT2D eigenvalue weighted by molar-refractivity contribution is 7.88. The van der Waals surface area contributed by atoms with Crippen molar-refractivity contribution in [2.75, 3.05) is 38.0 Å². The van der Waals surface area contributed by atoms with Crippen molar-refractivity contribution in [3.63, 3.8) is 0 Å². The van der Waals surface area contributed by atoms with Crippen LogP contribution in [0.3, 0.4) is 0 Å². The molecule has 1 heterocycles. The molecule has 0 bridgehead atoms. The maximum atomic E-state index is 12.6. The van der Waals surface area contributed by atoms with Gasteiger partial charge in [-0.15, -0.1) is 0 Å². The van der Waals surface area contributed by atoms with Crippen LogP contribution in [0.15, 0.2) is 54.6 Å². The smallest absolute Gasteiger partial charge is 0.238 e. The van der Waals surface area contributed by atoms with E-state index in [-0.39, 0.29) is 18.2 Å². The molecule has 152 valence electrons. The van der Waals surface area contributed by atoms with Crippen molar-refractivity contribution in [2.45, 2.75) is 12.2 Å². The van der Waals surface area contributed by atoms with Crippen LogP contribution in [0.4, 0.5) is 5.69 Å². The third-order valence-corrected chi connectivity index (χ3v) is 6.65. The largest absolute Gasteiger partial charge is 0.325 e. The number of piperazine rings is 1. The maximum absolute atomic E-state index is 12.6. The van der Waals surface area contributed by atoms with E-state index in [0.717, 1.165) is 11.1 Å². The summed E-state index contributed by atoms with van der Waals surface area (Å²) in [5.74, 6) is -0.144. The van der Waals surface area contributed by atoms with Gasteiger partial charge in [0, 0.05) is 31.9 Å². The van der Waals surface area contributed by atoms with E-state index in [0.29, 0.717) is 38.3 Å². The molecule has 29 heavy (non-hydrogen) atoms. The summed E-state index contributed by atoms with van der Waals surface area (Å²) >= 11 is 0. The summed E-state index contributed by atoms with van der Waals surface area (Å²) in [6, 6.07) is 18.4. The number of benzene rings is 2. The summed E-state index contributed by atoms with van der Waals surface area (Å²) in [5.41, 5.74) is 2.36. The van der Waals surface area contributed by atoms with E-state index in [1.807, 2.05) is 47.4 Å². The first-order valence-corrected chi connectivity index (χ1v) is 11.1. The molecule has 1 saturated heterocycles. The van der Waals surface area contributed by atoms with Crippen LogP contribution < -0.4 is 5.32 Å². The SMILES string of the molecule is N#CCc1ccc(NC(=O)CN2CCN(S(=O)(=O)Cc3ccccc3)CC2)cc1. The number of carbonyl (C=O) groups is 1. The van der Waals surface area contributed by atoms with Crippen molar-refractivity contribution < 1.29 is 13.2 Å². The predicted octanol–water partition coefficient (Wildman–Crippen LogP) is 1.84. The van der Waals surface area contributed by atoms with Crippen LogP contribution in [0.5, 0.6) is 0 Å². The van der Waals surface area contributed by atoms with Gasteiger partial charge in [-0.1, -0.05) is 42.5 Å². The average molecular weight is 413 g/mol. The number of anilines is 1. The monoisotopic (exact) mass is 412 g/mol. The summed E-state index contributed by atoms with van der Waals surface area (Å²) < 4.78 is 26.7. The average Bonchev–Trinajstić information content (AvgIpc) is 2.70. The number of rotatable bonds is 7. The third-order valence-electron chi connectivity index (χ3n) is 4.80. The summed E-state index contributed by atoms with van der Waals surface area (Å²) in [6.07, 6.45) is 0.339. The minimum absolute atomic E-state index is 0.00385. The molecular formula is C21H24N4O3S. The summed E-state index contributed by atoms with van der Waals surface area (Å²) in [7, 11) is -3.36. The third kappa shape index (κ3) is 6.12. The fourth-order valence-corrected chi connectivity index (χ4v) is 4.76. The van der Waals surface area contributed by atoms with Gasteiger partial charge in [-0.3, -0.25) is 9.69 Å². The summed E-state index contributed by atoms with van der Waals surface area (Å²) in [4.78, 5) is 14.2. The zero-order valence-corrected chi connectivity index (χ0v) is 16.9. The molecule has 2 aromatic rings. The van der Waals surface area contributed by atoms with Crippen LogP contribution in [0.2, 0.25) is 0 Å². The lowest BCUT2D eigenvalue weighted by molar-refractivity contribution is -0.117. The van der Waals surface area contributed by atoms with Gasteiger partial charge in [-0.25, -0.2) is 8.42 Å². The van der Waals surface area contributed by atoms with Crippen molar-refractivity contribution in [1.82, 2.24) is 9.21 Å². The maximum Gasteiger partial charge on any atom is 0.238 e. The highest BCUT2D eigenvalue weighted by atomic mass is 32.2. The molecule has 1 aliphatic heterocycles. The van der Waals surface area contributed by atoms with Crippen LogP contribution in [-0.4, -0.2) is 56.3 Å². The van der Waals surface area contributed by atoms with Crippen LogP contribution in [-0.2, 0) is 27.0 Å². The van der Waals surface area contributed by atoms with Crippen LogP contribution in [0.1, 0.15) is 11.1 Å². The Morgan fingerprint density at radius 1 is 0.966 bits per heavy atom. The highest BCUT2D eigenvalue weighted by Gasteiger charge is 2.27. The Bertz CT molecular complexity index is 961. The number of amides is 1. The molecule has 0 unspecified atom stereocenters. The Morgan fingerprint density at radius 2 is 1.62 bits per heavy atom. The van der Waals surface area contributed by atoms with Gasteiger partial charge in [-0.2, -0.15) is 9.57 Å². The Morgan fingerprint density at radius 3 is 2.24 bits per heavy atom. The first-order chi connectivity index (χ1) is 14.0. The van der Waals surface area contributed by atoms with Gasteiger partial charge in [0.15, 0.2) is 0 Å². The Kier molecular flexibility index (Phi) is 6.99. The van der Waals surface area contributed by atoms with Gasteiger partial charge in [0.1, 0.15) is 0 Å². The van der Waals surface area contributed by atoms with Crippen LogP contribution >= 0.6 is 0 Å². The Labute approximate surface area is 171 Å². The van der Waals surface area contributed by atoms with Crippen molar-refractivity contribution in [2.24, 2.45) is 0 Å². The van der Waals surface area contributed by atoms with E-state index in [1.165, 1.54) is 4.31 Å². The molecule has 2 aromatic carbocycles. The number of nitriles is 1. The second-order valence-electron chi connectivity index (χ2n) is 7.00. The lowest BCUT2D eigenvalue weighted by Gasteiger charge is -2.33. The van der Waals surface area contributed by atoms with Gasteiger partial charge < -0.3 is 5.32 Å². The van der Waals surface area contributed by atoms with Gasteiger partial charge in [-0.05, 0) is 23.3 Å². The van der Waals surface area contributed by atoms with E-state index < -0.39 is 10.0 Å². The quantitative estimate of drug-likeness (QED) is 0.749. The van der Waals surface area contributed by atoms with E-state index in [9.17, 15) is 13.2 Å². The zero-order chi connectivity index (χ0) is 20.7. The normalized spacial score (nSPS) is 15.6. The molecule has 7 nitrogen and oxygen atoms in total. The molecule has 1 amide bonds. The topological polar surface area (TPSA) is 93.5 Å². The van der Waals surface area contributed by atoms with Gasteiger partial charge in [0.05, 0.1) is 24.8 Å². The molecule has 3 rings (SSSR count). The minimum Gasteiger partial charge on any atom is -0.325 e. The molecule has 0 saturated carbocycles. The minimum atomic E-state index is -3.36. The summed E-state index contributed by atoms with van der Waals surface area (Å²) in [6.45, 7) is 2.01. The lowest BCUT2D eigenvalue weighted by atomic mass is 10.1. The molecule has 0 spiro atoms. The van der Waals surface area contributed by atoms with Gasteiger partial charge in [0.2, 0.25) is 15.9 Å². The first-order valence-electron chi connectivity index (χ1n) is 9.46. The van der Waals surface area contributed by atoms with E-state index in [4.69, 9.17) is 5.26 Å². The van der Waals surface area contributed by atoms with Crippen molar-refractivity contribution in [1.29, 1.82) is 5.26 Å². The molecule has 1 fully saturated rings. The molecule has 0 radical (unpaired) electrons. The molecule has 0 aromatic heterocycles. The summed E-state index contributed by atoms with van der Waals surface area (Å²) in [5, 5.41) is 11.5. The lowest BCUT2D eigenvalue weighted by Crippen LogP contribution is -2.50.